The lowest BCUT2D eigenvalue weighted by molar-refractivity contribution is -0.173. The Kier molecular flexibility index (Phi) is 4.91. The molecule has 0 aliphatic heterocycles. The molecule has 0 radical (unpaired) electrons. The standard InChI is InChI=1S/C33H45N3O2/c1-20-8-11-33(36-15-14-34-19-36)13-12-32(7)27(26(33)21(20)2)23(37)16-25-30(5)17-22-18-35-38-28(22)29(3,4)24(30)9-10-31(25,32)6/h14-16,18-21,24,26-27H,8-13,17H2,1-7H3/t20-,21+,24+,26+,27-,30+,31-,32-,33+/m1/s1. The van der Waals surface area contributed by atoms with E-state index in [4.69, 9.17) is 4.52 Å². The van der Waals surface area contributed by atoms with Crippen molar-refractivity contribution >= 4 is 5.78 Å². The first-order valence-corrected chi connectivity index (χ1v) is 15.1. The molecule has 0 N–H and O–H groups in total. The summed E-state index contributed by atoms with van der Waals surface area (Å²) < 4.78 is 8.24. The Hall–Kier alpha value is -2.17. The van der Waals surface area contributed by atoms with Gasteiger partial charge in [0, 0.05) is 34.8 Å². The third-order valence-electron chi connectivity index (χ3n) is 13.7. The van der Waals surface area contributed by atoms with E-state index < -0.39 is 0 Å². The van der Waals surface area contributed by atoms with Gasteiger partial charge in [0.05, 0.1) is 12.5 Å². The molecule has 5 nitrogen and oxygen atoms in total. The summed E-state index contributed by atoms with van der Waals surface area (Å²) in [5.74, 6) is 3.40. The number of allylic oxidation sites excluding steroid dienone is 2. The van der Waals surface area contributed by atoms with Gasteiger partial charge >= 0.3 is 0 Å². The highest BCUT2D eigenvalue weighted by molar-refractivity contribution is 5.95. The van der Waals surface area contributed by atoms with E-state index in [1.54, 1.807) is 0 Å². The molecule has 2 heterocycles. The first-order valence-electron chi connectivity index (χ1n) is 15.1. The molecule has 204 valence electrons. The number of aromatic nitrogens is 3. The van der Waals surface area contributed by atoms with Crippen molar-refractivity contribution < 1.29 is 9.32 Å². The summed E-state index contributed by atoms with van der Waals surface area (Å²) in [7, 11) is 0. The largest absolute Gasteiger partial charge is 0.361 e. The van der Waals surface area contributed by atoms with Crippen LogP contribution in [0.4, 0.5) is 0 Å². The highest BCUT2D eigenvalue weighted by Gasteiger charge is 2.70. The van der Waals surface area contributed by atoms with Crippen molar-refractivity contribution in [2.24, 2.45) is 45.8 Å². The topological polar surface area (TPSA) is 60.9 Å². The number of hydrogen-bond acceptors (Lipinski definition) is 4. The molecule has 0 spiro atoms. The minimum Gasteiger partial charge on any atom is -0.361 e. The molecule has 5 aliphatic rings. The summed E-state index contributed by atoms with van der Waals surface area (Å²) in [6.45, 7) is 17.0. The molecule has 3 saturated carbocycles. The zero-order valence-corrected chi connectivity index (χ0v) is 24.4. The fraction of sp³-hybridized carbons (Fsp3) is 0.727. The number of carbonyl (C=O) groups excluding carboxylic acids is 1. The highest BCUT2D eigenvalue weighted by Crippen LogP contribution is 2.74. The van der Waals surface area contributed by atoms with Crippen molar-refractivity contribution in [1.29, 1.82) is 0 Å². The maximum absolute atomic E-state index is 14.7. The van der Waals surface area contributed by atoms with E-state index >= 15 is 0 Å². The van der Waals surface area contributed by atoms with Gasteiger partial charge in [0.2, 0.25) is 0 Å². The van der Waals surface area contributed by atoms with E-state index in [9.17, 15) is 4.79 Å². The smallest absolute Gasteiger partial charge is 0.159 e. The van der Waals surface area contributed by atoms with Crippen LogP contribution < -0.4 is 0 Å². The van der Waals surface area contributed by atoms with E-state index in [-0.39, 0.29) is 33.1 Å². The van der Waals surface area contributed by atoms with Gasteiger partial charge in [-0.3, -0.25) is 4.79 Å². The fourth-order valence-corrected chi connectivity index (χ4v) is 11.4. The van der Waals surface area contributed by atoms with Gasteiger partial charge < -0.3 is 9.09 Å². The van der Waals surface area contributed by atoms with E-state index in [1.165, 1.54) is 17.6 Å². The Morgan fingerprint density at radius 3 is 2.55 bits per heavy atom. The number of rotatable bonds is 1. The molecule has 0 unspecified atom stereocenters. The summed E-state index contributed by atoms with van der Waals surface area (Å²) in [6, 6.07) is 0. The minimum atomic E-state index is -0.0989. The van der Waals surface area contributed by atoms with E-state index in [2.05, 4.69) is 75.4 Å². The predicted octanol–water partition coefficient (Wildman–Crippen LogP) is 7.13. The summed E-state index contributed by atoms with van der Waals surface area (Å²) >= 11 is 0. The van der Waals surface area contributed by atoms with Crippen LogP contribution in [0.25, 0.3) is 0 Å². The van der Waals surface area contributed by atoms with Gasteiger partial charge in [0.1, 0.15) is 5.76 Å². The molecule has 5 heteroatoms. The Balaban J connectivity index is 1.40. The second kappa shape index (κ2) is 7.52. The van der Waals surface area contributed by atoms with Gasteiger partial charge in [0.25, 0.3) is 0 Å². The van der Waals surface area contributed by atoms with Crippen LogP contribution in [-0.2, 0) is 22.2 Å². The average Bonchev–Trinajstić information content (AvgIpc) is 3.56. The summed E-state index contributed by atoms with van der Waals surface area (Å²) in [5, 5.41) is 4.23. The quantitative estimate of drug-likeness (QED) is 0.405. The van der Waals surface area contributed by atoms with Crippen LogP contribution in [-0.4, -0.2) is 20.5 Å². The molecular weight excluding hydrogens is 470 g/mol. The molecule has 9 atom stereocenters. The molecule has 5 aliphatic carbocycles. The molecule has 0 aromatic carbocycles. The van der Waals surface area contributed by atoms with Gasteiger partial charge in [-0.15, -0.1) is 0 Å². The number of fused-ring (bicyclic) bond motifs is 8. The third-order valence-corrected chi connectivity index (χ3v) is 13.7. The second-order valence-electron chi connectivity index (χ2n) is 15.2. The zero-order chi connectivity index (χ0) is 26.9. The van der Waals surface area contributed by atoms with Crippen LogP contribution in [0.5, 0.6) is 0 Å². The average molecular weight is 516 g/mol. The van der Waals surface area contributed by atoms with Crippen LogP contribution in [0.2, 0.25) is 0 Å². The Bertz CT molecular complexity index is 1320. The fourth-order valence-electron chi connectivity index (χ4n) is 11.4. The predicted molar refractivity (Wildman–Crippen MR) is 147 cm³/mol. The number of nitrogens with zero attached hydrogens (tertiary/aromatic N) is 3. The van der Waals surface area contributed by atoms with Gasteiger partial charge in [-0.25, -0.2) is 4.98 Å². The zero-order valence-electron chi connectivity index (χ0n) is 24.4. The van der Waals surface area contributed by atoms with Crippen LogP contribution in [0, 0.1) is 45.8 Å². The van der Waals surface area contributed by atoms with Crippen LogP contribution in [0.3, 0.4) is 0 Å². The van der Waals surface area contributed by atoms with Crippen molar-refractivity contribution in [3.8, 4) is 0 Å². The lowest BCUT2D eigenvalue weighted by Gasteiger charge is -2.70. The van der Waals surface area contributed by atoms with Crippen LogP contribution in [0.15, 0.2) is 41.1 Å². The number of imidazole rings is 1. The molecule has 7 rings (SSSR count). The third kappa shape index (κ3) is 2.72. The second-order valence-corrected chi connectivity index (χ2v) is 15.2. The van der Waals surface area contributed by atoms with Crippen molar-refractivity contribution in [2.45, 2.75) is 104 Å². The van der Waals surface area contributed by atoms with Crippen LogP contribution >= 0.6 is 0 Å². The van der Waals surface area contributed by atoms with Gasteiger partial charge in [-0.1, -0.05) is 59.2 Å². The summed E-state index contributed by atoms with van der Waals surface area (Å²) in [5.41, 5.74) is 2.44. The lowest BCUT2D eigenvalue weighted by atomic mass is 9.34. The molecular formula is C33H45N3O2. The van der Waals surface area contributed by atoms with Crippen molar-refractivity contribution in [3.63, 3.8) is 0 Å². The monoisotopic (exact) mass is 515 g/mol. The van der Waals surface area contributed by atoms with Gasteiger partial charge in [-0.2, -0.15) is 0 Å². The van der Waals surface area contributed by atoms with E-state index in [1.807, 2.05) is 18.7 Å². The molecule has 38 heavy (non-hydrogen) atoms. The maximum atomic E-state index is 14.7. The van der Waals surface area contributed by atoms with E-state index in [0.29, 0.717) is 29.5 Å². The molecule has 3 fully saturated rings. The lowest BCUT2D eigenvalue weighted by Crippen LogP contribution is -2.67. The number of hydrogen-bond donors (Lipinski definition) is 0. The molecule has 0 amide bonds. The van der Waals surface area contributed by atoms with Crippen molar-refractivity contribution in [3.05, 3.63) is 47.9 Å². The maximum Gasteiger partial charge on any atom is 0.159 e. The van der Waals surface area contributed by atoms with E-state index in [0.717, 1.165) is 44.3 Å². The first kappa shape index (κ1) is 24.8. The summed E-state index contributed by atoms with van der Waals surface area (Å²) in [6.07, 6.45) is 18.1. The SMILES string of the molecule is C[C@@H]1[C@H]2[C@H]3C(=O)C=C4[C@@]5(C)Cc6cnoc6C(C)(C)[C@@H]5CC[C@@]4(C)[C@]3(C)CC[C@@]2(n2ccnc2)CC[C@H]1C. The van der Waals surface area contributed by atoms with Crippen molar-refractivity contribution in [2.75, 3.05) is 0 Å². The van der Waals surface area contributed by atoms with Gasteiger partial charge in [0.15, 0.2) is 5.78 Å². The molecule has 0 bridgehead atoms. The summed E-state index contributed by atoms with van der Waals surface area (Å²) in [4.78, 5) is 19.2. The Labute approximate surface area is 227 Å². The number of ketones is 1. The Morgan fingerprint density at radius 1 is 1.03 bits per heavy atom. The minimum absolute atomic E-state index is 0.00305. The number of carbonyl (C=O) groups is 1. The highest BCUT2D eigenvalue weighted by atomic mass is 16.5. The molecule has 2 aromatic heterocycles. The molecule has 0 saturated heterocycles. The van der Waals surface area contributed by atoms with Crippen LogP contribution in [0.1, 0.15) is 98.3 Å². The van der Waals surface area contributed by atoms with Gasteiger partial charge in [-0.05, 0) is 90.9 Å². The first-order chi connectivity index (χ1) is 17.9. The Morgan fingerprint density at radius 2 is 1.82 bits per heavy atom. The normalized spacial score (nSPS) is 47.2. The van der Waals surface area contributed by atoms with Crippen molar-refractivity contribution in [1.82, 2.24) is 14.7 Å². The molecule has 2 aromatic rings.